The van der Waals surface area contributed by atoms with Gasteiger partial charge in [-0.2, -0.15) is 13.2 Å². The van der Waals surface area contributed by atoms with Crippen LogP contribution in [0.2, 0.25) is 0 Å². The van der Waals surface area contributed by atoms with E-state index >= 15 is 0 Å². The molecule has 0 bridgehead atoms. The van der Waals surface area contributed by atoms with Crippen molar-refractivity contribution in [1.82, 2.24) is 4.90 Å². The number of hydrogen-bond acceptors (Lipinski definition) is 3. The molecule has 1 atom stereocenters. The van der Waals surface area contributed by atoms with Gasteiger partial charge in [-0.3, -0.25) is 4.90 Å². The van der Waals surface area contributed by atoms with Crippen molar-refractivity contribution in [3.05, 3.63) is 0 Å². The number of hydrogen-bond donors (Lipinski definition) is 2. The van der Waals surface area contributed by atoms with Crippen LogP contribution in [0.25, 0.3) is 0 Å². The summed E-state index contributed by atoms with van der Waals surface area (Å²) in [7, 11) is 0. The van der Waals surface area contributed by atoms with Gasteiger partial charge in [0.25, 0.3) is 0 Å². The molecule has 0 heterocycles. The summed E-state index contributed by atoms with van der Waals surface area (Å²) in [6.45, 7) is 2.39. The fourth-order valence-electron chi connectivity index (χ4n) is 1.34. The van der Waals surface area contributed by atoms with Crippen LogP contribution in [0.3, 0.4) is 0 Å². The molecule has 0 aliphatic carbocycles. The lowest BCUT2D eigenvalue weighted by molar-refractivity contribution is -0.147. The predicted molar refractivity (Wildman–Crippen MR) is 52.5 cm³/mol. The highest BCUT2D eigenvalue weighted by Gasteiger charge is 2.32. The molecule has 3 N–H and O–H groups in total. The molecule has 0 aliphatic heterocycles. The topological polar surface area (TPSA) is 49.5 Å². The minimum absolute atomic E-state index is 0.0385. The van der Waals surface area contributed by atoms with Crippen LogP contribution < -0.4 is 5.73 Å². The molecule has 3 nitrogen and oxygen atoms in total. The number of nitrogens with two attached hydrogens (primary N) is 1. The van der Waals surface area contributed by atoms with Crippen LogP contribution in [0.5, 0.6) is 0 Å². The Balaban J connectivity index is 4.28. The van der Waals surface area contributed by atoms with Crippen molar-refractivity contribution in [2.45, 2.75) is 32.0 Å². The highest BCUT2D eigenvalue weighted by Crippen LogP contribution is 2.17. The van der Waals surface area contributed by atoms with Gasteiger partial charge in [-0.05, 0) is 19.9 Å². The lowest BCUT2D eigenvalue weighted by atomic mass is 10.0. The third-order valence-corrected chi connectivity index (χ3v) is 1.89. The first-order valence-corrected chi connectivity index (χ1v) is 4.89. The molecule has 0 aromatic heterocycles. The molecule has 0 fully saturated rings. The lowest BCUT2D eigenvalue weighted by Gasteiger charge is -2.31. The summed E-state index contributed by atoms with van der Waals surface area (Å²) in [6, 6.07) is 0. The van der Waals surface area contributed by atoms with E-state index in [4.69, 9.17) is 10.8 Å². The van der Waals surface area contributed by atoms with Crippen molar-refractivity contribution < 1.29 is 18.3 Å². The van der Waals surface area contributed by atoms with Gasteiger partial charge < -0.3 is 10.8 Å². The Morgan fingerprint density at radius 3 is 2.13 bits per heavy atom. The van der Waals surface area contributed by atoms with Crippen molar-refractivity contribution >= 4 is 0 Å². The minimum Gasteiger partial charge on any atom is -0.394 e. The van der Waals surface area contributed by atoms with Crippen LogP contribution in [0.4, 0.5) is 13.2 Å². The van der Waals surface area contributed by atoms with E-state index in [1.54, 1.807) is 6.92 Å². The summed E-state index contributed by atoms with van der Waals surface area (Å²) >= 11 is 0. The predicted octanol–water partition coefficient (Wildman–Crippen LogP) is 0.970. The summed E-state index contributed by atoms with van der Waals surface area (Å²) < 4.78 is 36.5. The second-order valence-corrected chi connectivity index (χ2v) is 4.14. The summed E-state index contributed by atoms with van der Waals surface area (Å²) in [5.74, 6) is 0. The van der Waals surface area contributed by atoms with Crippen molar-refractivity contribution in [2.75, 3.05) is 26.2 Å². The zero-order valence-electron chi connectivity index (χ0n) is 9.14. The molecule has 6 heteroatoms. The molecule has 0 rings (SSSR count). The highest BCUT2D eigenvalue weighted by molar-refractivity contribution is 4.82. The smallest absolute Gasteiger partial charge is 0.394 e. The average Bonchev–Trinajstić information content (AvgIpc) is 2.01. The first-order valence-electron chi connectivity index (χ1n) is 4.89. The Bertz CT molecular complexity index is 183. The summed E-state index contributed by atoms with van der Waals surface area (Å²) in [4.78, 5) is 1.22. The van der Waals surface area contributed by atoms with E-state index in [0.717, 1.165) is 0 Å². The Morgan fingerprint density at radius 1 is 1.27 bits per heavy atom. The number of aliphatic hydroxyl groups excluding tert-OH is 1. The molecule has 1 unspecified atom stereocenters. The maximum Gasteiger partial charge on any atom is 0.401 e. The molecular weight excluding hydrogens is 209 g/mol. The molecular formula is C9H19F3N2O. The monoisotopic (exact) mass is 228 g/mol. The standard InChI is InChI=1S/C9H19F3N2O/c1-3-4-14(6-9(10,11)12)5-8(2,13)7-15/h15H,3-7,13H2,1-2H3. The van der Waals surface area contributed by atoms with Gasteiger partial charge in [0.2, 0.25) is 0 Å². The minimum atomic E-state index is -4.22. The van der Waals surface area contributed by atoms with Gasteiger partial charge >= 0.3 is 6.18 Å². The number of rotatable bonds is 6. The number of nitrogens with zero attached hydrogens (tertiary/aromatic N) is 1. The summed E-state index contributed by atoms with van der Waals surface area (Å²) in [6.07, 6.45) is -3.60. The molecule has 0 amide bonds. The van der Waals surface area contributed by atoms with Crippen LogP contribution >= 0.6 is 0 Å². The highest BCUT2D eigenvalue weighted by atomic mass is 19.4. The molecule has 0 radical (unpaired) electrons. The normalized spacial score (nSPS) is 16.8. The zero-order valence-corrected chi connectivity index (χ0v) is 9.14. The quantitative estimate of drug-likeness (QED) is 0.712. The van der Waals surface area contributed by atoms with Gasteiger partial charge in [-0.1, -0.05) is 6.92 Å². The van der Waals surface area contributed by atoms with Crippen LogP contribution in [0, 0.1) is 0 Å². The Labute approximate surface area is 88.0 Å². The molecule has 0 aliphatic rings. The number of aliphatic hydroxyl groups is 1. The Morgan fingerprint density at radius 2 is 1.80 bits per heavy atom. The number of alkyl halides is 3. The van der Waals surface area contributed by atoms with Crippen molar-refractivity contribution in [3.63, 3.8) is 0 Å². The van der Waals surface area contributed by atoms with Gasteiger partial charge in [0.1, 0.15) is 0 Å². The second kappa shape index (κ2) is 5.67. The maximum absolute atomic E-state index is 12.2. The van der Waals surface area contributed by atoms with Crippen LogP contribution in [0.15, 0.2) is 0 Å². The van der Waals surface area contributed by atoms with Gasteiger partial charge in [0.15, 0.2) is 0 Å². The third kappa shape index (κ3) is 7.58. The molecule has 0 spiro atoms. The number of halogens is 3. The van der Waals surface area contributed by atoms with E-state index < -0.39 is 18.3 Å². The molecule has 15 heavy (non-hydrogen) atoms. The van der Waals surface area contributed by atoms with Crippen molar-refractivity contribution in [3.8, 4) is 0 Å². The first-order chi connectivity index (χ1) is 6.70. The zero-order chi connectivity index (χ0) is 12.1. The second-order valence-electron chi connectivity index (χ2n) is 4.14. The van der Waals surface area contributed by atoms with Gasteiger partial charge in [-0.15, -0.1) is 0 Å². The van der Waals surface area contributed by atoms with E-state index in [2.05, 4.69) is 0 Å². The van der Waals surface area contributed by atoms with Crippen LogP contribution in [0.1, 0.15) is 20.3 Å². The molecule has 92 valence electrons. The lowest BCUT2D eigenvalue weighted by Crippen LogP contribution is -2.52. The van der Waals surface area contributed by atoms with E-state index in [-0.39, 0.29) is 13.2 Å². The van der Waals surface area contributed by atoms with E-state index in [1.165, 1.54) is 11.8 Å². The molecule has 0 aromatic carbocycles. The first kappa shape index (κ1) is 14.7. The van der Waals surface area contributed by atoms with Crippen molar-refractivity contribution in [1.29, 1.82) is 0 Å². The molecule has 0 aromatic rings. The SMILES string of the molecule is CCCN(CC(F)(F)F)CC(C)(N)CO. The van der Waals surface area contributed by atoms with E-state index in [1.807, 2.05) is 0 Å². The van der Waals surface area contributed by atoms with Crippen LogP contribution in [-0.4, -0.2) is 48.0 Å². The fraction of sp³-hybridized carbons (Fsp3) is 1.00. The Kier molecular flexibility index (Phi) is 5.55. The van der Waals surface area contributed by atoms with Crippen molar-refractivity contribution in [2.24, 2.45) is 5.73 Å². The molecule has 0 saturated heterocycles. The summed E-state index contributed by atoms with van der Waals surface area (Å²) in [5, 5.41) is 8.88. The van der Waals surface area contributed by atoms with Gasteiger partial charge in [-0.25, -0.2) is 0 Å². The fourth-order valence-corrected chi connectivity index (χ4v) is 1.34. The maximum atomic E-state index is 12.2. The third-order valence-electron chi connectivity index (χ3n) is 1.89. The van der Waals surface area contributed by atoms with E-state index in [9.17, 15) is 13.2 Å². The van der Waals surface area contributed by atoms with E-state index in [0.29, 0.717) is 13.0 Å². The van der Waals surface area contributed by atoms with Gasteiger partial charge in [0.05, 0.1) is 13.2 Å². The van der Waals surface area contributed by atoms with Crippen LogP contribution in [-0.2, 0) is 0 Å². The average molecular weight is 228 g/mol. The Hall–Kier alpha value is -0.330. The summed E-state index contributed by atoms with van der Waals surface area (Å²) in [5.41, 5.74) is 4.62. The molecule has 0 saturated carbocycles. The largest absolute Gasteiger partial charge is 0.401 e. The van der Waals surface area contributed by atoms with Gasteiger partial charge in [0, 0.05) is 12.1 Å².